The molecule has 2 N–H and O–H groups in total. The highest BCUT2D eigenvalue weighted by Crippen LogP contribution is 2.40. The number of nitrogens with one attached hydrogen (secondary N) is 1. The van der Waals surface area contributed by atoms with Crippen molar-refractivity contribution in [2.24, 2.45) is 0 Å². The average molecular weight is 693 g/mol. The second-order valence-corrected chi connectivity index (χ2v) is 13.4. The molecule has 1 atom stereocenters. The molecule has 0 aliphatic carbocycles. The molecule has 4 heterocycles. The summed E-state index contributed by atoms with van der Waals surface area (Å²) in [5.41, 5.74) is -0.0613. The van der Waals surface area contributed by atoms with Crippen LogP contribution in [0.15, 0.2) is 41.2 Å². The first-order chi connectivity index (χ1) is 22.9. The highest BCUT2D eigenvalue weighted by molar-refractivity contribution is 6.32. The predicted molar refractivity (Wildman–Crippen MR) is 173 cm³/mol. The molecule has 0 bridgehead atoms. The van der Waals surface area contributed by atoms with Crippen molar-refractivity contribution in [3.8, 4) is 5.75 Å². The Morgan fingerprint density at radius 2 is 1.58 bits per heavy atom. The zero-order chi connectivity index (χ0) is 34.2. The molecular weight excluding hydrogens is 653 g/mol. The van der Waals surface area contributed by atoms with Crippen LogP contribution < -0.4 is 5.69 Å². The largest absolute Gasteiger partial charge is 0.506 e. The van der Waals surface area contributed by atoms with Crippen LogP contribution in [-0.2, 0) is 22.1 Å². The maximum Gasteiger partial charge on any atom is 0.420 e. The first-order valence-electron chi connectivity index (χ1n) is 16.3. The highest BCUT2D eigenvalue weighted by Gasteiger charge is 2.38. The van der Waals surface area contributed by atoms with Crippen molar-refractivity contribution >= 4 is 34.6 Å². The number of likely N-dealkylation sites (N-methyl/N-ethyl adjacent to an activating group) is 1. The van der Waals surface area contributed by atoms with E-state index in [-0.39, 0.29) is 36.8 Å². The number of aromatic hydroxyl groups is 1. The lowest BCUT2D eigenvalue weighted by atomic mass is 9.99. The number of likely N-dealkylation sites (tertiary alicyclic amines) is 2. The lowest BCUT2D eigenvalue weighted by molar-refractivity contribution is -0.142. The minimum absolute atomic E-state index is 0.000941. The van der Waals surface area contributed by atoms with Gasteiger partial charge in [-0.15, -0.1) is 0 Å². The normalized spacial score (nSPS) is 19.9. The number of phenolic OH excluding ortho intramolecular Hbond substituents is 1. The van der Waals surface area contributed by atoms with E-state index in [0.29, 0.717) is 32.0 Å². The number of carbonyl (C=O) groups excluding carboxylic acids is 2. The van der Waals surface area contributed by atoms with Gasteiger partial charge in [0, 0.05) is 70.9 Å². The van der Waals surface area contributed by atoms with E-state index in [4.69, 9.17) is 16.3 Å². The number of rotatable bonds is 6. The van der Waals surface area contributed by atoms with Gasteiger partial charge in [0.2, 0.25) is 0 Å². The number of amides is 2. The summed E-state index contributed by atoms with van der Waals surface area (Å²) in [5.74, 6) is -1.59. The number of hydrogen-bond donors (Lipinski definition) is 2. The Bertz CT molecular complexity index is 1690. The molecule has 2 aromatic carbocycles. The third-order valence-corrected chi connectivity index (χ3v) is 10.2. The molecule has 1 aromatic heterocycles. The summed E-state index contributed by atoms with van der Waals surface area (Å²) in [6.07, 6.45) is -5.00. The van der Waals surface area contributed by atoms with Gasteiger partial charge in [0.05, 0.1) is 21.6 Å². The minimum atomic E-state index is -4.89. The van der Waals surface area contributed by atoms with Gasteiger partial charge >= 0.3 is 18.0 Å². The first kappa shape index (κ1) is 34.1. The van der Waals surface area contributed by atoms with Gasteiger partial charge in [-0.3, -0.25) is 14.3 Å². The van der Waals surface area contributed by atoms with Gasteiger partial charge in [-0.2, -0.15) is 13.2 Å². The summed E-state index contributed by atoms with van der Waals surface area (Å²) in [7, 11) is 2.09. The molecule has 0 spiro atoms. The number of hydrogen-bond acceptors (Lipinski definition) is 7. The van der Waals surface area contributed by atoms with Gasteiger partial charge in [0.15, 0.2) is 6.10 Å². The van der Waals surface area contributed by atoms with Crippen LogP contribution in [0, 0.1) is 0 Å². The maximum absolute atomic E-state index is 13.9. The Morgan fingerprint density at radius 1 is 0.958 bits per heavy atom. The third kappa shape index (κ3) is 7.30. The van der Waals surface area contributed by atoms with E-state index in [0.717, 1.165) is 62.2 Å². The molecule has 48 heavy (non-hydrogen) atoms. The maximum atomic E-state index is 13.9. The van der Waals surface area contributed by atoms with Crippen molar-refractivity contribution in [1.82, 2.24) is 29.2 Å². The minimum Gasteiger partial charge on any atom is -0.506 e. The van der Waals surface area contributed by atoms with E-state index in [9.17, 15) is 32.7 Å². The van der Waals surface area contributed by atoms with Crippen molar-refractivity contribution in [2.45, 2.75) is 56.5 Å². The Kier molecular flexibility index (Phi) is 9.96. The number of imidazole rings is 1. The monoisotopic (exact) mass is 692 g/mol. The molecule has 0 saturated carbocycles. The van der Waals surface area contributed by atoms with Gasteiger partial charge in [-0.25, -0.2) is 9.59 Å². The van der Waals surface area contributed by atoms with Gasteiger partial charge in [-0.1, -0.05) is 23.7 Å². The molecule has 260 valence electrons. The summed E-state index contributed by atoms with van der Waals surface area (Å²) < 4.78 is 48.6. The fourth-order valence-corrected chi connectivity index (χ4v) is 7.41. The van der Waals surface area contributed by atoms with Crippen molar-refractivity contribution in [3.63, 3.8) is 0 Å². The molecular formula is C33H40ClF3N6O5. The predicted octanol–water partition coefficient (Wildman–Crippen LogP) is 4.33. The molecule has 3 aliphatic rings. The van der Waals surface area contributed by atoms with Crippen LogP contribution in [-0.4, -0.2) is 118 Å². The summed E-state index contributed by atoms with van der Waals surface area (Å²) >= 11 is 5.97. The van der Waals surface area contributed by atoms with Crippen LogP contribution in [0.4, 0.5) is 18.0 Å². The number of benzene rings is 2. The fraction of sp³-hybridized carbons (Fsp3) is 0.545. The number of aromatic nitrogens is 2. The number of aromatic amines is 1. The highest BCUT2D eigenvalue weighted by atomic mass is 35.5. The molecule has 11 nitrogen and oxygen atoms in total. The number of ether oxygens (including phenoxy) is 1. The Hall–Kier alpha value is -3.75. The number of phenols is 1. The molecule has 15 heteroatoms. The van der Waals surface area contributed by atoms with E-state index >= 15 is 0 Å². The number of piperazine rings is 1. The van der Waals surface area contributed by atoms with Crippen LogP contribution in [0.2, 0.25) is 5.02 Å². The lowest BCUT2D eigenvalue weighted by Crippen LogP contribution is -2.54. The topological polar surface area (TPSA) is 114 Å². The fourth-order valence-electron chi connectivity index (χ4n) is 7.16. The number of halogens is 4. The van der Waals surface area contributed by atoms with Crippen LogP contribution in [0.3, 0.4) is 0 Å². The van der Waals surface area contributed by atoms with Crippen molar-refractivity contribution in [1.29, 1.82) is 0 Å². The molecule has 6 rings (SSSR count). The number of alkyl halides is 3. The number of para-hydroxylation sites is 2. The van der Waals surface area contributed by atoms with Crippen LogP contribution in [0.25, 0.3) is 11.0 Å². The van der Waals surface area contributed by atoms with Crippen LogP contribution >= 0.6 is 11.6 Å². The lowest BCUT2D eigenvalue weighted by Gasteiger charge is -2.42. The number of nitrogens with zero attached hydrogens (tertiary/aromatic N) is 5. The van der Waals surface area contributed by atoms with Gasteiger partial charge in [0.25, 0.3) is 5.91 Å². The molecule has 3 aliphatic heterocycles. The molecule has 2 amide bonds. The summed E-state index contributed by atoms with van der Waals surface area (Å²) in [6.45, 7) is 5.22. The third-order valence-electron chi connectivity index (χ3n) is 9.91. The zero-order valence-corrected chi connectivity index (χ0v) is 27.5. The Balaban J connectivity index is 1.16. The molecule has 0 unspecified atom stereocenters. The quantitative estimate of drug-likeness (QED) is 0.396. The molecule has 0 radical (unpaired) electrons. The smallest absolute Gasteiger partial charge is 0.420 e. The Labute approximate surface area is 280 Å². The van der Waals surface area contributed by atoms with E-state index in [1.165, 1.54) is 4.90 Å². The van der Waals surface area contributed by atoms with Gasteiger partial charge in [-0.05, 0) is 62.6 Å². The number of piperidine rings is 2. The van der Waals surface area contributed by atoms with E-state index in [1.54, 1.807) is 9.47 Å². The second-order valence-electron chi connectivity index (χ2n) is 13.0. The summed E-state index contributed by atoms with van der Waals surface area (Å²) in [4.78, 5) is 50.8. The molecule has 3 saturated heterocycles. The van der Waals surface area contributed by atoms with Crippen LogP contribution in [0.5, 0.6) is 5.75 Å². The van der Waals surface area contributed by atoms with E-state index in [1.807, 2.05) is 24.3 Å². The second kappa shape index (κ2) is 14.0. The molecule has 3 aromatic rings. The van der Waals surface area contributed by atoms with E-state index < -0.39 is 40.6 Å². The number of fused-ring (bicyclic) bond motifs is 1. The molecule has 3 fully saturated rings. The van der Waals surface area contributed by atoms with Crippen molar-refractivity contribution in [2.75, 3.05) is 59.4 Å². The van der Waals surface area contributed by atoms with Crippen molar-refractivity contribution in [3.05, 3.63) is 63.0 Å². The van der Waals surface area contributed by atoms with Gasteiger partial charge < -0.3 is 29.5 Å². The summed E-state index contributed by atoms with van der Waals surface area (Å²) in [5, 5.41) is 9.47. The van der Waals surface area contributed by atoms with E-state index in [2.05, 4.69) is 21.8 Å². The first-order valence-corrected chi connectivity index (χ1v) is 16.7. The summed E-state index contributed by atoms with van der Waals surface area (Å²) in [6, 6.07) is 9.43. The zero-order valence-electron chi connectivity index (χ0n) is 26.7. The number of carbonyl (C=O) groups is 2. The van der Waals surface area contributed by atoms with Crippen molar-refractivity contribution < 1.29 is 32.6 Å². The van der Waals surface area contributed by atoms with Crippen LogP contribution in [0.1, 0.15) is 42.9 Å². The Morgan fingerprint density at radius 3 is 2.25 bits per heavy atom. The standard InChI is InChI=1S/C33H40ClF3N6O5/c1-39-14-16-40(17-15-39)22-6-10-41(11-7-22)30(45)28(20-21-18-24(33(35,36)37)29(44)25(34)19-21)48-32(47)42-12-8-23(9-13-42)43-27-5-3-2-4-26(27)38-31(43)46/h2-5,18-19,22-23,28,44H,6-17,20H2,1H3,(H,38,46)/t28-/m1/s1. The van der Waals surface area contributed by atoms with Gasteiger partial charge in [0.1, 0.15) is 5.75 Å². The average Bonchev–Trinajstić information content (AvgIpc) is 3.41. The SMILES string of the molecule is CN1CCN(C2CCN(C(=O)[C@@H](Cc3cc(Cl)c(O)c(C(F)(F)F)c3)OC(=O)N3CCC(n4c(=O)[nH]c5ccccc54)CC3)CC2)CC1. The number of H-pyrrole nitrogens is 1.